The second-order valence-electron chi connectivity index (χ2n) is 9.41. The second-order valence-corrected chi connectivity index (χ2v) is 10.3. The Labute approximate surface area is 197 Å². The number of hydrogen-bond acceptors (Lipinski definition) is 8. The van der Waals surface area contributed by atoms with E-state index in [4.69, 9.17) is 18.7 Å². The van der Waals surface area contributed by atoms with E-state index in [-0.39, 0.29) is 30.1 Å². The first-order valence-electron chi connectivity index (χ1n) is 11.1. The molecule has 1 amide bonds. The van der Waals surface area contributed by atoms with Gasteiger partial charge in [0.05, 0.1) is 31.4 Å². The topological polar surface area (TPSA) is 86.9 Å². The van der Waals surface area contributed by atoms with Crippen molar-refractivity contribution in [2.75, 3.05) is 19.5 Å². The number of halogens is 1. The summed E-state index contributed by atoms with van der Waals surface area (Å²) in [5.41, 5.74) is -0.00704. The number of ether oxygens (including phenoxy) is 3. The van der Waals surface area contributed by atoms with E-state index in [0.29, 0.717) is 48.2 Å². The summed E-state index contributed by atoms with van der Waals surface area (Å²) in [6.45, 7) is 8.33. The fraction of sp³-hybridized carbons (Fsp3) is 0.609. The van der Waals surface area contributed by atoms with Gasteiger partial charge in [-0.1, -0.05) is 5.16 Å². The quantitative estimate of drug-likeness (QED) is 0.563. The third-order valence-electron chi connectivity index (χ3n) is 5.68. The summed E-state index contributed by atoms with van der Waals surface area (Å²) >= 11 is 1.34. The fourth-order valence-corrected chi connectivity index (χ4v) is 4.72. The highest BCUT2D eigenvalue weighted by Crippen LogP contribution is 2.34. The average Bonchev–Trinajstić information content (AvgIpc) is 3.22. The van der Waals surface area contributed by atoms with Gasteiger partial charge < -0.3 is 18.7 Å². The number of fused-ring (bicyclic) bond motifs is 2. The van der Waals surface area contributed by atoms with Gasteiger partial charge in [-0.05, 0) is 65.0 Å². The van der Waals surface area contributed by atoms with Crippen molar-refractivity contribution in [1.29, 1.82) is 0 Å². The summed E-state index contributed by atoms with van der Waals surface area (Å²) in [5, 5.41) is 3.99. The van der Waals surface area contributed by atoms with Crippen LogP contribution in [0.3, 0.4) is 0 Å². The van der Waals surface area contributed by atoms with Crippen molar-refractivity contribution in [1.82, 2.24) is 15.0 Å². The summed E-state index contributed by atoms with van der Waals surface area (Å²) in [6.07, 6.45) is 2.23. The van der Waals surface area contributed by atoms with Crippen LogP contribution in [0.4, 0.5) is 9.18 Å². The molecule has 2 aliphatic heterocycles. The zero-order valence-electron chi connectivity index (χ0n) is 19.5. The summed E-state index contributed by atoms with van der Waals surface area (Å²) in [7, 11) is 0. The number of amides is 1. The average molecular weight is 480 g/mol. The number of nitrogens with zero attached hydrogens (tertiary/aromatic N) is 3. The van der Waals surface area contributed by atoms with Gasteiger partial charge in [0.25, 0.3) is 5.89 Å². The first-order chi connectivity index (χ1) is 15.6. The smallest absolute Gasteiger partial charge is 0.410 e. The maximum atomic E-state index is 14.1. The van der Waals surface area contributed by atoms with Gasteiger partial charge in [0, 0.05) is 10.5 Å². The van der Waals surface area contributed by atoms with Gasteiger partial charge >= 0.3 is 6.09 Å². The van der Waals surface area contributed by atoms with Crippen LogP contribution in [-0.2, 0) is 14.2 Å². The second kappa shape index (κ2) is 9.60. The first-order valence-corrected chi connectivity index (χ1v) is 12.3. The Morgan fingerprint density at radius 3 is 2.58 bits per heavy atom. The van der Waals surface area contributed by atoms with Gasteiger partial charge in [-0.2, -0.15) is 4.98 Å². The first kappa shape index (κ1) is 24.0. The molecule has 2 fully saturated rings. The lowest BCUT2D eigenvalue weighted by atomic mass is 9.92. The Morgan fingerprint density at radius 2 is 1.97 bits per heavy atom. The van der Waals surface area contributed by atoms with Gasteiger partial charge in [-0.3, -0.25) is 4.90 Å². The Bertz CT molecular complexity index is 981. The van der Waals surface area contributed by atoms with Crippen LogP contribution in [0.15, 0.2) is 27.6 Å². The van der Waals surface area contributed by atoms with Crippen molar-refractivity contribution < 1.29 is 27.9 Å². The van der Waals surface area contributed by atoms with Gasteiger partial charge in [0.2, 0.25) is 5.82 Å². The van der Waals surface area contributed by atoms with Crippen molar-refractivity contribution in [2.24, 2.45) is 0 Å². The lowest BCUT2D eigenvalue weighted by molar-refractivity contribution is -0.131. The molecule has 2 saturated heterocycles. The monoisotopic (exact) mass is 479 g/mol. The number of morpholine rings is 1. The Hall–Kier alpha value is -2.17. The molecule has 0 spiro atoms. The van der Waals surface area contributed by atoms with Gasteiger partial charge in [0.15, 0.2) is 0 Å². The maximum Gasteiger partial charge on any atom is 0.410 e. The molecule has 3 heterocycles. The van der Waals surface area contributed by atoms with Crippen molar-refractivity contribution in [3.05, 3.63) is 29.9 Å². The lowest BCUT2D eigenvalue weighted by Gasteiger charge is -2.48. The molecule has 0 saturated carbocycles. The van der Waals surface area contributed by atoms with E-state index in [1.165, 1.54) is 17.8 Å². The summed E-state index contributed by atoms with van der Waals surface area (Å²) in [4.78, 5) is 19.5. The Balaban J connectivity index is 1.40. The normalized spacial score (nSPS) is 23.9. The number of carbonyl (C=O) groups is 1. The van der Waals surface area contributed by atoms with E-state index in [9.17, 15) is 9.18 Å². The number of thioether (sulfide) groups is 1. The molecule has 2 aromatic rings. The molecule has 1 aromatic heterocycles. The van der Waals surface area contributed by atoms with E-state index < -0.39 is 11.7 Å². The van der Waals surface area contributed by atoms with E-state index in [2.05, 4.69) is 10.1 Å². The zero-order chi connectivity index (χ0) is 23.8. The summed E-state index contributed by atoms with van der Waals surface area (Å²) in [5.74, 6) is 0.327. The molecule has 4 rings (SSSR count). The predicted molar refractivity (Wildman–Crippen MR) is 120 cm³/mol. The number of piperidine rings is 1. The van der Waals surface area contributed by atoms with Crippen LogP contribution in [0.5, 0.6) is 0 Å². The van der Waals surface area contributed by atoms with Crippen molar-refractivity contribution in [3.8, 4) is 11.4 Å². The van der Waals surface area contributed by atoms with E-state index in [0.717, 1.165) is 0 Å². The lowest BCUT2D eigenvalue weighted by Crippen LogP contribution is -2.61. The zero-order valence-corrected chi connectivity index (χ0v) is 20.4. The van der Waals surface area contributed by atoms with Crippen molar-refractivity contribution in [3.63, 3.8) is 0 Å². The van der Waals surface area contributed by atoms with Gasteiger partial charge in [0.1, 0.15) is 17.5 Å². The molecular weight excluding hydrogens is 449 g/mol. The largest absolute Gasteiger partial charge is 0.444 e. The molecule has 3 atom stereocenters. The van der Waals surface area contributed by atoms with Crippen molar-refractivity contribution >= 4 is 17.9 Å². The third kappa shape index (κ3) is 5.50. The molecule has 3 unspecified atom stereocenters. The third-order valence-corrected chi connectivity index (χ3v) is 6.45. The molecule has 10 heteroatoms. The highest BCUT2D eigenvalue weighted by molar-refractivity contribution is 7.98. The predicted octanol–water partition coefficient (Wildman–Crippen LogP) is 4.84. The minimum Gasteiger partial charge on any atom is -0.444 e. The summed E-state index contributed by atoms with van der Waals surface area (Å²) in [6, 6.07) is 4.65. The molecule has 0 radical (unpaired) electrons. The Morgan fingerprint density at radius 1 is 1.27 bits per heavy atom. The highest BCUT2D eigenvalue weighted by atomic mass is 32.2. The van der Waals surface area contributed by atoms with Gasteiger partial charge in [-0.25, -0.2) is 9.18 Å². The minimum absolute atomic E-state index is 0.0914. The molecule has 1 aromatic carbocycles. The number of benzene rings is 1. The number of hydrogen-bond donors (Lipinski definition) is 0. The van der Waals surface area contributed by atoms with Crippen LogP contribution in [0, 0.1) is 5.82 Å². The molecule has 0 aliphatic carbocycles. The minimum atomic E-state index is -0.553. The van der Waals surface area contributed by atoms with Crippen LogP contribution in [-0.4, -0.2) is 64.4 Å². The molecule has 2 aliphatic rings. The number of carbonyl (C=O) groups excluding carboxylic acids is 1. The molecule has 8 nitrogen and oxygen atoms in total. The van der Waals surface area contributed by atoms with E-state index in [1.807, 2.05) is 34.0 Å². The number of aromatic nitrogens is 2. The van der Waals surface area contributed by atoms with Crippen LogP contribution >= 0.6 is 11.8 Å². The van der Waals surface area contributed by atoms with Crippen LogP contribution in [0.2, 0.25) is 0 Å². The van der Waals surface area contributed by atoms with Crippen LogP contribution in [0.25, 0.3) is 11.4 Å². The molecule has 0 N–H and O–H groups in total. The van der Waals surface area contributed by atoms with Gasteiger partial charge in [-0.15, -0.1) is 11.8 Å². The van der Waals surface area contributed by atoms with Crippen LogP contribution in [0.1, 0.15) is 52.5 Å². The maximum absolute atomic E-state index is 14.1. The molecule has 33 heavy (non-hydrogen) atoms. The van der Waals surface area contributed by atoms with Crippen LogP contribution < -0.4 is 0 Å². The van der Waals surface area contributed by atoms with E-state index in [1.54, 1.807) is 17.0 Å². The molecular formula is C23H30FN3O5S. The standard InChI is InChI=1S/C23H30FN3O5S/c1-13(21-25-20(26-32-21)14-6-7-19(33-5)18(24)8-14)30-17-9-15-11-29-12-16(10-17)27(15)22(28)31-23(2,3)4/h6-8,13,15-17H,9-12H2,1-5H3. The number of rotatable bonds is 5. The Kier molecular flexibility index (Phi) is 6.97. The SMILES string of the molecule is CSc1ccc(-c2noc(C(C)OC3CC4COCC(C3)N4C(=O)OC(C)(C)C)n2)cc1F. The summed E-state index contributed by atoms with van der Waals surface area (Å²) < 4.78 is 37.1. The van der Waals surface area contributed by atoms with Crippen molar-refractivity contribution in [2.45, 2.75) is 75.3 Å². The fourth-order valence-electron chi connectivity index (χ4n) is 4.26. The highest BCUT2D eigenvalue weighted by Gasteiger charge is 2.44. The molecule has 2 bridgehead atoms. The molecule has 180 valence electrons. The van der Waals surface area contributed by atoms with E-state index >= 15 is 0 Å².